The number of piperidine rings is 1. The summed E-state index contributed by atoms with van der Waals surface area (Å²) in [5, 5.41) is 8.68. The highest BCUT2D eigenvalue weighted by Gasteiger charge is 2.27. The third kappa shape index (κ3) is 3.00. The number of halogens is 1. The number of carbonyl (C=O) groups excluding carboxylic acids is 1. The molecule has 1 saturated heterocycles. The molecule has 80 valence electrons. The SMILES string of the molecule is O=C(OCI)C1CCN(C(=O)O)CC1. The molecule has 1 heterocycles. The largest absolute Gasteiger partial charge is 0.465 e. The van der Waals surface area contributed by atoms with Gasteiger partial charge in [0, 0.05) is 13.1 Å². The Morgan fingerprint density at radius 2 is 2.00 bits per heavy atom. The monoisotopic (exact) mass is 313 g/mol. The molecule has 5 nitrogen and oxygen atoms in total. The van der Waals surface area contributed by atoms with Gasteiger partial charge in [-0.1, -0.05) is 0 Å². The first-order chi connectivity index (χ1) is 6.65. The Hall–Kier alpha value is -0.530. The van der Waals surface area contributed by atoms with Crippen molar-refractivity contribution in [1.82, 2.24) is 4.90 Å². The van der Waals surface area contributed by atoms with Gasteiger partial charge >= 0.3 is 12.1 Å². The summed E-state index contributed by atoms with van der Waals surface area (Å²) < 4.78 is 5.22. The van der Waals surface area contributed by atoms with E-state index in [0.29, 0.717) is 30.5 Å². The van der Waals surface area contributed by atoms with Crippen molar-refractivity contribution in [1.29, 1.82) is 0 Å². The van der Waals surface area contributed by atoms with Crippen molar-refractivity contribution >= 4 is 34.7 Å². The zero-order valence-electron chi connectivity index (χ0n) is 7.61. The van der Waals surface area contributed by atoms with E-state index in [1.807, 2.05) is 22.6 Å². The highest BCUT2D eigenvalue weighted by molar-refractivity contribution is 14.1. The maximum atomic E-state index is 11.3. The van der Waals surface area contributed by atoms with Gasteiger partial charge in [-0.15, -0.1) is 0 Å². The number of carbonyl (C=O) groups is 2. The van der Waals surface area contributed by atoms with E-state index < -0.39 is 6.09 Å². The molecule has 0 radical (unpaired) electrons. The molecule has 0 aromatic carbocycles. The van der Waals surface area contributed by atoms with Crippen LogP contribution >= 0.6 is 22.6 Å². The average Bonchev–Trinajstić information content (AvgIpc) is 2.18. The second-order valence-corrected chi connectivity index (χ2v) is 3.74. The zero-order valence-corrected chi connectivity index (χ0v) is 9.77. The van der Waals surface area contributed by atoms with Crippen molar-refractivity contribution in [2.45, 2.75) is 12.8 Å². The van der Waals surface area contributed by atoms with E-state index in [2.05, 4.69) is 0 Å². The number of alkyl halides is 1. The van der Waals surface area contributed by atoms with Gasteiger partial charge < -0.3 is 14.7 Å². The number of carboxylic acid groups (broad SMARTS) is 1. The Morgan fingerprint density at radius 3 is 2.43 bits per heavy atom. The molecule has 14 heavy (non-hydrogen) atoms. The number of rotatable bonds is 2. The summed E-state index contributed by atoms with van der Waals surface area (Å²) in [6, 6.07) is 0. The average molecular weight is 313 g/mol. The van der Waals surface area contributed by atoms with Crippen LogP contribution < -0.4 is 0 Å². The molecule has 1 aliphatic rings. The Bertz CT molecular complexity index is 225. The second-order valence-electron chi connectivity index (χ2n) is 3.12. The van der Waals surface area contributed by atoms with Gasteiger partial charge in [0.15, 0.2) is 0 Å². The molecular weight excluding hydrogens is 301 g/mol. The summed E-state index contributed by atoms with van der Waals surface area (Å²) in [6.07, 6.45) is 0.231. The maximum Gasteiger partial charge on any atom is 0.407 e. The Kier molecular flexibility index (Phi) is 4.43. The van der Waals surface area contributed by atoms with E-state index in [-0.39, 0.29) is 11.9 Å². The number of nitrogens with zero attached hydrogens (tertiary/aromatic N) is 1. The lowest BCUT2D eigenvalue weighted by Crippen LogP contribution is -2.39. The van der Waals surface area contributed by atoms with Gasteiger partial charge in [0.05, 0.1) is 5.92 Å². The lowest BCUT2D eigenvalue weighted by atomic mass is 9.97. The van der Waals surface area contributed by atoms with Crippen LogP contribution in [0.5, 0.6) is 0 Å². The molecule has 0 spiro atoms. The van der Waals surface area contributed by atoms with E-state index in [4.69, 9.17) is 9.84 Å². The normalized spacial score (nSPS) is 17.9. The van der Waals surface area contributed by atoms with Crippen LogP contribution in [0.4, 0.5) is 4.79 Å². The van der Waals surface area contributed by atoms with Crippen LogP contribution in [-0.4, -0.2) is 39.8 Å². The standard InChI is InChI=1S/C8H12INO4/c9-5-14-7(11)6-1-3-10(4-2-6)8(12)13/h6H,1-5H2,(H,12,13). The van der Waals surface area contributed by atoms with Crippen molar-refractivity contribution in [2.75, 3.05) is 17.7 Å². The molecule has 1 rings (SSSR count). The number of ether oxygens (including phenoxy) is 1. The van der Waals surface area contributed by atoms with Gasteiger partial charge in [-0.3, -0.25) is 4.79 Å². The first kappa shape index (κ1) is 11.5. The lowest BCUT2D eigenvalue weighted by molar-refractivity contribution is -0.147. The van der Waals surface area contributed by atoms with Crippen LogP contribution in [0.25, 0.3) is 0 Å². The van der Waals surface area contributed by atoms with E-state index in [1.54, 1.807) is 0 Å². The van der Waals surface area contributed by atoms with Crippen molar-refractivity contribution in [2.24, 2.45) is 5.92 Å². The predicted molar refractivity (Wildman–Crippen MR) is 57.3 cm³/mol. The van der Waals surface area contributed by atoms with E-state index in [0.717, 1.165) is 0 Å². The third-order valence-electron chi connectivity index (χ3n) is 2.30. The number of likely N-dealkylation sites (tertiary alicyclic amines) is 1. The molecule has 6 heteroatoms. The molecule has 0 aliphatic carbocycles. The number of amides is 1. The smallest absolute Gasteiger partial charge is 0.407 e. The first-order valence-corrected chi connectivity index (χ1v) is 5.88. The van der Waals surface area contributed by atoms with Crippen molar-refractivity contribution in [3.63, 3.8) is 0 Å². The minimum absolute atomic E-state index is 0.125. The minimum Gasteiger partial charge on any atom is -0.465 e. The molecule has 0 unspecified atom stereocenters. The van der Waals surface area contributed by atoms with E-state index in [1.165, 1.54) is 4.90 Å². The molecular formula is C8H12INO4. The zero-order chi connectivity index (χ0) is 10.6. The molecule has 0 aromatic rings. The van der Waals surface area contributed by atoms with Gasteiger partial charge in [0.25, 0.3) is 0 Å². The molecule has 0 atom stereocenters. The minimum atomic E-state index is -0.911. The predicted octanol–water partition coefficient (Wildman–Crippen LogP) is 1.31. The van der Waals surface area contributed by atoms with Gasteiger partial charge in [0.1, 0.15) is 4.61 Å². The van der Waals surface area contributed by atoms with Gasteiger partial charge in [0.2, 0.25) is 0 Å². The number of hydrogen-bond acceptors (Lipinski definition) is 3. The summed E-state index contributed by atoms with van der Waals surface area (Å²) in [5.74, 6) is -0.329. The fourth-order valence-corrected chi connectivity index (χ4v) is 1.79. The van der Waals surface area contributed by atoms with Gasteiger partial charge in [-0.2, -0.15) is 0 Å². The maximum absolute atomic E-state index is 11.3. The van der Waals surface area contributed by atoms with Crippen molar-refractivity contribution in [3.8, 4) is 0 Å². The summed E-state index contributed by atoms with van der Waals surface area (Å²) in [4.78, 5) is 23.2. The molecule has 1 N–H and O–H groups in total. The number of hydrogen-bond donors (Lipinski definition) is 1. The Morgan fingerprint density at radius 1 is 1.43 bits per heavy atom. The highest BCUT2D eigenvalue weighted by Crippen LogP contribution is 2.18. The summed E-state index contributed by atoms with van der Waals surface area (Å²) >= 11 is 1.97. The summed E-state index contributed by atoms with van der Waals surface area (Å²) in [6.45, 7) is 0.854. The van der Waals surface area contributed by atoms with Gasteiger partial charge in [-0.05, 0) is 35.4 Å². The lowest BCUT2D eigenvalue weighted by Gasteiger charge is -2.28. The fraction of sp³-hybridized carbons (Fsp3) is 0.750. The molecule has 0 aromatic heterocycles. The quantitative estimate of drug-likeness (QED) is 0.474. The third-order valence-corrected chi connectivity index (χ3v) is 2.61. The summed E-state index contributed by atoms with van der Waals surface area (Å²) in [7, 11) is 0. The van der Waals surface area contributed by atoms with Crippen LogP contribution in [0.3, 0.4) is 0 Å². The van der Waals surface area contributed by atoms with E-state index >= 15 is 0 Å². The Labute approximate surface area is 95.5 Å². The molecule has 0 bridgehead atoms. The van der Waals surface area contributed by atoms with Crippen molar-refractivity contribution < 1.29 is 19.4 Å². The van der Waals surface area contributed by atoms with Gasteiger partial charge in [-0.25, -0.2) is 4.79 Å². The number of esters is 1. The first-order valence-electron chi connectivity index (χ1n) is 4.35. The van der Waals surface area contributed by atoms with Crippen LogP contribution in [0.2, 0.25) is 0 Å². The van der Waals surface area contributed by atoms with E-state index in [9.17, 15) is 9.59 Å². The van der Waals surface area contributed by atoms with Crippen LogP contribution in [0.15, 0.2) is 0 Å². The van der Waals surface area contributed by atoms with Crippen LogP contribution in [-0.2, 0) is 9.53 Å². The Balaban J connectivity index is 2.35. The topological polar surface area (TPSA) is 66.8 Å². The molecule has 1 fully saturated rings. The van der Waals surface area contributed by atoms with Crippen LogP contribution in [0, 0.1) is 5.92 Å². The highest BCUT2D eigenvalue weighted by atomic mass is 127. The molecule has 1 amide bonds. The molecule has 0 saturated carbocycles. The van der Waals surface area contributed by atoms with Crippen molar-refractivity contribution in [3.05, 3.63) is 0 Å². The second kappa shape index (κ2) is 5.38. The van der Waals surface area contributed by atoms with Crippen LogP contribution in [0.1, 0.15) is 12.8 Å². The molecule has 1 aliphatic heterocycles. The fourth-order valence-electron chi connectivity index (χ4n) is 1.48. The summed E-state index contributed by atoms with van der Waals surface area (Å²) in [5.41, 5.74) is 0.